The molecule has 0 amide bonds. The minimum atomic E-state index is 0.210. The van der Waals surface area contributed by atoms with E-state index < -0.39 is 0 Å². The zero-order valence-corrected chi connectivity index (χ0v) is 20.2. The van der Waals surface area contributed by atoms with Crippen LogP contribution in [0, 0.1) is 52.8 Å². The van der Waals surface area contributed by atoms with Gasteiger partial charge in [0.1, 0.15) is 0 Å². The number of thioether (sulfide) groups is 1. The Morgan fingerprint density at radius 1 is 1.13 bits per heavy atom. The minimum absolute atomic E-state index is 0.210. The first-order chi connectivity index (χ1) is 14.4. The third-order valence-electron chi connectivity index (χ3n) is 10.1. The Labute approximate surface area is 187 Å². The van der Waals surface area contributed by atoms with Gasteiger partial charge in [0.15, 0.2) is 5.78 Å². The molecule has 4 heteroatoms. The van der Waals surface area contributed by atoms with Crippen molar-refractivity contribution in [3.8, 4) is 0 Å². The average molecular weight is 429 g/mol. The van der Waals surface area contributed by atoms with Gasteiger partial charge in [-0.3, -0.25) is 9.48 Å². The fraction of sp³-hybridized carbons (Fsp3) is 0.846. The van der Waals surface area contributed by atoms with Gasteiger partial charge in [0, 0.05) is 17.0 Å². The van der Waals surface area contributed by atoms with Crippen molar-refractivity contribution in [3.63, 3.8) is 0 Å². The van der Waals surface area contributed by atoms with E-state index in [9.17, 15) is 4.79 Å². The number of ketones is 1. The van der Waals surface area contributed by atoms with Gasteiger partial charge in [0.2, 0.25) is 0 Å². The third kappa shape index (κ3) is 3.40. The number of rotatable bonds is 4. The molecule has 0 N–H and O–H groups in total. The summed E-state index contributed by atoms with van der Waals surface area (Å²) in [5, 5.41) is 4.44. The van der Waals surface area contributed by atoms with Crippen LogP contribution in [-0.4, -0.2) is 21.8 Å². The summed E-state index contributed by atoms with van der Waals surface area (Å²) in [5.41, 5.74) is 0.210. The van der Waals surface area contributed by atoms with Crippen molar-refractivity contribution in [1.29, 1.82) is 0 Å². The third-order valence-corrected chi connectivity index (χ3v) is 10.8. The highest BCUT2D eigenvalue weighted by atomic mass is 32.2. The van der Waals surface area contributed by atoms with Crippen LogP contribution in [0.5, 0.6) is 0 Å². The van der Waals surface area contributed by atoms with Crippen LogP contribution in [0.2, 0.25) is 0 Å². The zero-order chi connectivity index (χ0) is 21.0. The van der Waals surface area contributed by atoms with Gasteiger partial charge >= 0.3 is 0 Å². The molecule has 1 aromatic rings. The molecular formula is C26H40N2OS. The number of nitrogens with zero attached hydrogens (tertiary/aromatic N) is 2. The van der Waals surface area contributed by atoms with Gasteiger partial charge in [-0.2, -0.15) is 5.10 Å². The molecule has 166 valence electrons. The number of hydrogen-bond donors (Lipinski definition) is 0. The van der Waals surface area contributed by atoms with E-state index in [2.05, 4.69) is 32.1 Å². The Morgan fingerprint density at radius 3 is 2.70 bits per heavy atom. The molecule has 3 nitrogen and oxygen atoms in total. The van der Waals surface area contributed by atoms with Crippen molar-refractivity contribution in [1.82, 2.24) is 9.78 Å². The van der Waals surface area contributed by atoms with Crippen molar-refractivity contribution in [2.45, 2.75) is 83.6 Å². The molecule has 0 bridgehead atoms. The Balaban J connectivity index is 1.34. The lowest BCUT2D eigenvalue weighted by atomic mass is 9.49. The summed E-state index contributed by atoms with van der Waals surface area (Å²) in [6.45, 7) is 7.78. The van der Waals surface area contributed by atoms with Gasteiger partial charge in [-0.15, -0.1) is 11.8 Å². The Hall–Kier alpha value is -0.770. The van der Waals surface area contributed by atoms with Crippen LogP contribution in [0.1, 0.15) is 72.1 Å². The average Bonchev–Trinajstić information content (AvgIpc) is 3.27. The zero-order valence-electron chi connectivity index (χ0n) is 19.3. The van der Waals surface area contributed by atoms with Gasteiger partial charge < -0.3 is 0 Å². The fourth-order valence-electron chi connectivity index (χ4n) is 8.93. The van der Waals surface area contributed by atoms with Crippen molar-refractivity contribution in [2.24, 2.45) is 52.8 Å². The van der Waals surface area contributed by atoms with Crippen molar-refractivity contribution >= 4 is 17.5 Å². The van der Waals surface area contributed by atoms with E-state index in [1.165, 1.54) is 51.4 Å². The second-order valence-electron chi connectivity index (χ2n) is 11.6. The lowest BCUT2D eigenvalue weighted by Crippen LogP contribution is -2.49. The molecular weight excluding hydrogens is 388 g/mol. The summed E-state index contributed by atoms with van der Waals surface area (Å²) in [5.74, 6) is 6.70. The summed E-state index contributed by atoms with van der Waals surface area (Å²) in [6, 6.07) is 0. The second kappa shape index (κ2) is 7.98. The summed E-state index contributed by atoms with van der Waals surface area (Å²) >= 11 is 1.69. The molecule has 0 aliphatic heterocycles. The van der Waals surface area contributed by atoms with Gasteiger partial charge in [-0.05, 0) is 98.0 Å². The smallest absolute Gasteiger partial charge is 0.158 e. The maximum absolute atomic E-state index is 13.5. The summed E-state index contributed by atoms with van der Waals surface area (Å²) in [4.78, 5) is 14.7. The van der Waals surface area contributed by atoms with Crippen LogP contribution in [0.4, 0.5) is 0 Å². The first kappa shape index (κ1) is 21.1. The standard InChI is InChI=1S/C26H40N2OS/c1-16-5-7-20-18(11-16)6-8-22-21(20)9-10-26(3)23(22)12-17(2)25(26)24(29)15-28-14-19(30-4)13-27-28/h13-14,16-18,20-23,25H,5-12,15H2,1-4H3. The number of carbonyl (C=O) groups is 1. The molecule has 0 spiro atoms. The molecule has 1 aromatic heterocycles. The van der Waals surface area contributed by atoms with Crippen molar-refractivity contribution < 1.29 is 4.79 Å². The fourth-order valence-corrected chi connectivity index (χ4v) is 9.31. The normalized spacial score (nSPS) is 45.5. The van der Waals surface area contributed by atoms with Crippen LogP contribution in [0.3, 0.4) is 0 Å². The first-order valence-electron chi connectivity index (χ1n) is 12.5. The van der Waals surface area contributed by atoms with Gasteiger partial charge in [-0.1, -0.05) is 27.2 Å². The van der Waals surface area contributed by atoms with E-state index >= 15 is 0 Å². The predicted molar refractivity (Wildman–Crippen MR) is 123 cm³/mol. The minimum Gasteiger partial charge on any atom is -0.297 e. The number of Topliss-reactive ketones (excluding diaryl/α,β-unsaturated/α-hetero) is 1. The number of aromatic nitrogens is 2. The molecule has 0 saturated heterocycles. The second-order valence-corrected chi connectivity index (χ2v) is 12.5. The summed E-state index contributed by atoms with van der Waals surface area (Å²) < 4.78 is 1.87. The molecule has 0 radical (unpaired) electrons. The quantitative estimate of drug-likeness (QED) is 0.526. The molecule has 4 aliphatic carbocycles. The SMILES string of the molecule is CSc1cnn(CC(=O)C2C(C)CC3C4CCC5CC(C)CCC5C4CCC32C)c1. The van der Waals surface area contributed by atoms with Gasteiger partial charge in [0.25, 0.3) is 0 Å². The highest BCUT2D eigenvalue weighted by Crippen LogP contribution is 2.65. The monoisotopic (exact) mass is 428 g/mol. The lowest BCUT2D eigenvalue weighted by molar-refractivity contribution is -0.132. The highest BCUT2D eigenvalue weighted by Gasteiger charge is 2.60. The summed E-state index contributed by atoms with van der Waals surface area (Å²) in [6.07, 6.45) is 17.2. The van der Waals surface area contributed by atoms with E-state index in [4.69, 9.17) is 0 Å². The Morgan fingerprint density at radius 2 is 1.93 bits per heavy atom. The van der Waals surface area contributed by atoms with Gasteiger partial charge in [0.05, 0.1) is 12.7 Å². The summed E-state index contributed by atoms with van der Waals surface area (Å²) in [7, 11) is 0. The van der Waals surface area contributed by atoms with E-state index in [0.29, 0.717) is 18.2 Å². The molecule has 9 atom stereocenters. The van der Waals surface area contributed by atoms with Crippen LogP contribution in [-0.2, 0) is 11.3 Å². The molecule has 4 saturated carbocycles. The van der Waals surface area contributed by atoms with Crippen LogP contribution in [0.15, 0.2) is 17.3 Å². The van der Waals surface area contributed by atoms with E-state index in [0.717, 1.165) is 40.4 Å². The molecule has 30 heavy (non-hydrogen) atoms. The van der Waals surface area contributed by atoms with Crippen LogP contribution in [0.25, 0.3) is 0 Å². The Kier molecular flexibility index (Phi) is 5.61. The van der Waals surface area contributed by atoms with E-state index in [1.807, 2.05) is 17.1 Å². The highest BCUT2D eigenvalue weighted by molar-refractivity contribution is 7.98. The van der Waals surface area contributed by atoms with E-state index in [1.54, 1.807) is 11.8 Å². The van der Waals surface area contributed by atoms with Crippen molar-refractivity contribution in [3.05, 3.63) is 12.4 Å². The topological polar surface area (TPSA) is 34.9 Å². The number of fused-ring (bicyclic) bond motifs is 5. The lowest BCUT2D eigenvalue weighted by Gasteiger charge is -2.56. The molecule has 4 fully saturated rings. The first-order valence-corrected chi connectivity index (χ1v) is 13.7. The largest absolute Gasteiger partial charge is 0.297 e. The maximum atomic E-state index is 13.5. The van der Waals surface area contributed by atoms with Gasteiger partial charge in [-0.25, -0.2) is 0 Å². The van der Waals surface area contributed by atoms with Crippen LogP contribution >= 0.6 is 11.8 Å². The molecule has 9 unspecified atom stereocenters. The maximum Gasteiger partial charge on any atom is 0.158 e. The van der Waals surface area contributed by atoms with Crippen LogP contribution < -0.4 is 0 Å². The molecule has 0 aromatic carbocycles. The van der Waals surface area contributed by atoms with Crippen molar-refractivity contribution in [2.75, 3.05) is 6.26 Å². The van der Waals surface area contributed by atoms with E-state index in [-0.39, 0.29) is 11.3 Å². The number of carbonyl (C=O) groups excluding carboxylic acids is 1. The molecule has 4 aliphatic rings. The number of hydrogen-bond acceptors (Lipinski definition) is 3. The molecule has 1 heterocycles. The Bertz CT molecular complexity index is 790. The molecule has 5 rings (SSSR count). The predicted octanol–water partition coefficient (Wildman–Crippen LogP) is 6.33.